The number of likely N-dealkylation sites (N-methyl/N-ethyl adjacent to an activating group) is 1. The van der Waals surface area contributed by atoms with Crippen molar-refractivity contribution in [2.45, 2.75) is 59.7 Å². The number of nitrogens with one attached hydrogen (secondary N) is 2. The maximum absolute atomic E-state index is 5.70. The van der Waals surface area contributed by atoms with E-state index >= 15 is 0 Å². The molecule has 0 saturated heterocycles. The number of hydrogen-bond acceptors (Lipinski definition) is 3. The predicted molar refractivity (Wildman–Crippen MR) is 66.0 cm³/mol. The quantitative estimate of drug-likeness (QED) is 0.609. The van der Waals surface area contributed by atoms with Gasteiger partial charge in [0, 0.05) is 12.1 Å². The van der Waals surface area contributed by atoms with Crippen LogP contribution >= 0.6 is 0 Å². The fraction of sp³-hybridized carbons (Fsp3) is 1.00. The zero-order chi connectivity index (χ0) is 11.8. The van der Waals surface area contributed by atoms with Crippen LogP contribution in [0.25, 0.3) is 0 Å². The molecule has 0 aliphatic carbocycles. The van der Waals surface area contributed by atoms with Crippen molar-refractivity contribution in [3.05, 3.63) is 0 Å². The maximum atomic E-state index is 5.70. The first-order valence-electron chi connectivity index (χ1n) is 6.07. The van der Waals surface area contributed by atoms with Gasteiger partial charge in [-0.15, -0.1) is 0 Å². The maximum Gasteiger partial charge on any atom is 0.0971 e. The van der Waals surface area contributed by atoms with Crippen LogP contribution in [0.5, 0.6) is 0 Å². The standard InChI is InChI=1S/C12H28N2O/c1-7-13-11(5)12(6)15-8-14-10(4)9(2)3/h9-14H,7-8H2,1-6H3. The van der Waals surface area contributed by atoms with Crippen LogP contribution in [-0.2, 0) is 4.74 Å². The molecule has 0 amide bonds. The Kier molecular flexibility index (Phi) is 8.02. The predicted octanol–water partition coefficient (Wildman–Crippen LogP) is 1.98. The number of hydrogen-bond donors (Lipinski definition) is 2. The van der Waals surface area contributed by atoms with Gasteiger partial charge in [-0.1, -0.05) is 20.8 Å². The fourth-order valence-corrected chi connectivity index (χ4v) is 1.18. The van der Waals surface area contributed by atoms with Crippen molar-refractivity contribution in [2.24, 2.45) is 5.92 Å². The van der Waals surface area contributed by atoms with E-state index in [4.69, 9.17) is 4.74 Å². The Hall–Kier alpha value is -0.120. The molecule has 0 rings (SSSR count). The lowest BCUT2D eigenvalue weighted by Crippen LogP contribution is -2.40. The monoisotopic (exact) mass is 216 g/mol. The molecule has 0 bridgehead atoms. The average molecular weight is 216 g/mol. The van der Waals surface area contributed by atoms with Gasteiger partial charge in [-0.25, -0.2) is 0 Å². The minimum absolute atomic E-state index is 0.247. The van der Waals surface area contributed by atoms with Crippen molar-refractivity contribution in [2.75, 3.05) is 13.3 Å². The Morgan fingerprint density at radius 2 is 1.53 bits per heavy atom. The van der Waals surface area contributed by atoms with E-state index in [0.29, 0.717) is 24.7 Å². The van der Waals surface area contributed by atoms with Gasteiger partial charge < -0.3 is 10.1 Å². The van der Waals surface area contributed by atoms with E-state index in [2.05, 4.69) is 52.2 Å². The molecule has 15 heavy (non-hydrogen) atoms. The van der Waals surface area contributed by atoms with Crippen LogP contribution in [-0.4, -0.2) is 31.5 Å². The van der Waals surface area contributed by atoms with Gasteiger partial charge in [0.2, 0.25) is 0 Å². The summed E-state index contributed by atoms with van der Waals surface area (Å²) in [5, 5.41) is 6.71. The first kappa shape index (κ1) is 14.9. The summed E-state index contributed by atoms with van der Waals surface area (Å²) in [6, 6.07) is 0.915. The highest BCUT2D eigenvalue weighted by Crippen LogP contribution is 2.01. The molecule has 3 heteroatoms. The highest BCUT2D eigenvalue weighted by atomic mass is 16.5. The van der Waals surface area contributed by atoms with Gasteiger partial charge in [-0.3, -0.25) is 5.32 Å². The fourth-order valence-electron chi connectivity index (χ4n) is 1.18. The van der Waals surface area contributed by atoms with Gasteiger partial charge in [0.1, 0.15) is 0 Å². The van der Waals surface area contributed by atoms with Crippen LogP contribution < -0.4 is 10.6 Å². The first-order valence-corrected chi connectivity index (χ1v) is 6.07. The molecule has 3 nitrogen and oxygen atoms in total. The Balaban J connectivity index is 3.58. The SMILES string of the molecule is CCNC(C)C(C)OCNC(C)C(C)C. The molecule has 0 spiro atoms. The molecular weight excluding hydrogens is 188 g/mol. The molecule has 92 valence electrons. The summed E-state index contributed by atoms with van der Waals surface area (Å²) in [6.45, 7) is 14.6. The van der Waals surface area contributed by atoms with E-state index < -0.39 is 0 Å². The molecule has 3 unspecified atom stereocenters. The normalized spacial score (nSPS) is 17.8. The van der Waals surface area contributed by atoms with Crippen LogP contribution in [0.3, 0.4) is 0 Å². The van der Waals surface area contributed by atoms with Crippen LogP contribution in [0, 0.1) is 5.92 Å². The van der Waals surface area contributed by atoms with E-state index in [9.17, 15) is 0 Å². The molecular formula is C12H28N2O. The Bertz CT molecular complexity index is 151. The van der Waals surface area contributed by atoms with E-state index in [1.54, 1.807) is 0 Å². The van der Waals surface area contributed by atoms with Crippen molar-refractivity contribution in [3.63, 3.8) is 0 Å². The molecule has 0 aromatic heterocycles. The summed E-state index contributed by atoms with van der Waals surface area (Å²) in [5.74, 6) is 0.648. The second-order valence-corrected chi connectivity index (χ2v) is 4.60. The summed E-state index contributed by atoms with van der Waals surface area (Å²) >= 11 is 0. The van der Waals surface area contributed by atoms with Crippen LogP contribution in [0.1, 0.15) is 41.5 Å². The van der Waals surface area contributed by atoms with E-state index in [-0.39, 0.29) is 6.10 Å². The molecule has 0 aliphatic heterocycles. The van der Waals surface area contributed by atoms with Crippen LogP contribution in [0.4, 0.5) is 0 Å². The smallest absolute Gasteiger partial charge is 0.0971 e. The lowest BCUT2D eigenvalue weighted by Gasteiger charge is -2.23. The van der Waals surface area contributed by atoms with Gasteiger partial charge in [0.05, 0.1) is 12.8 Å². The minimum Gasteiger partial charge on any atom is -0.362 e. The van der Waals surface area contributed by atoms with Gasteiger partial charge >= 0.3 is 0 Å². The lowest BCUT2D eigenvalue weighted by atomic mass is 10.1. The second-order valence-electron chi connectivity index (χ2n) is 4.60. The van der Waals surface area contributed by atoms with Gasteiger partial charge in [0.25, 0.3) is 0 Å². The molecule has 0 saturated carbocycles. The highest BCUT2D eigenvalue weighted by Gasteiger charge is 2.12. The average Bonchev–Trinajstić information content (AvgIpc) is 2.17. The molecule has 3 atom stereocenters. The zero-order valence-corrected chi connectivity index (χ0v) is 11.1. The molecule has 0 heterocycles. The Morgan fingerprint density at radius 3 is 2.00 bits per heavy atom. The van der Waals surface area contributed by atoms with Gasteiger partial charge in [-0.2, -0.15) is 0 Å². The molecule has 0 aromatic carbocycles. The molecule has 0 aromatic rings. The Morgan fingerprint density at radius 1 is 0.933 bits per heavy atom. The largest absolute Gasteiger partial charge is 0.362 e. The zero-order valence-electron chi connectivity index (χ0n) is 11.1. The first-order chi connectivity index (χ1) is 6.99. The van der Waals surface area contributed by atoms with E-state index in [0.717, 1.165) is 6.54 Å². The van der Waals surface area contributed by atoms with Crippen molar-refractivity contribution in [3.8, 4) is 0 Å². The van der Waals surface area contributed by atoms with Crippen molar-refractivity contribution >= 4 is 0 Å². The summed E-state index contributed by atoms with van der Waals surface area (Å²) < 4.78 is 5.70. The molecule has 2 N–H and O–H groups in total. The molecule has 0 aliphatic rings. The van der Waals surface area contributed by atoms with Crippen LogP contribution in [0.2, 0.25) is 0 Å². The Labute approximate surface area is 95.0 Å². The summed E-state index contributed by atoms with van der Waals surface area (Å²) in [6.07, 6.45) is 0.247. The second kappa shape index (κ2) is 8.08. The van der Waals surface area contributed by atoms with Crippen LogP contribution in [0.15, 0.2) is 0 Å². The van der Waals surface area contributed by atoms with Gasteiger partial charge in [-0.05, 0) is 33.2 Å². The van der Waals surface area contributed by atoms with E-state index in [1.165, 1.54) is 0 Å². The third kappa shape index (κ3) is 6.88. The number of ether oxygens (including phenoxy) is 1. The summed E-state index contributed by atoms with van der Waals surface area (Å²) in [7, 11) is 0. The highest BCUT2D eigenvalue weighted by molar-refractivity contribution is 4.68. The molecule has 0 fully saturated rings. The summed E-state index contributed by atoms with van der Waals surface area (Å²) in [4.78, 5) is 0. The number of rotatable bonds is 8. The van der Waals surface area contributed by atoms with E-state index in [1.807, 2.05) is 0 Å². The lowest BCUT2D eigenvalue weighted by molar-refractivity contribution is 0.0254. The van der Waals surface area contributed by atoms with Crippen molar-refractivity contribution in [1.82, 2.24) is 10.6 Å². The molecule has 0 radical (unpaired) electrons. The minimum atomic E-state index is 0.247. The summed E-state index contributed by atoms with van der Waals surface area (Å²) in [5.41, 5.74) is 0. The third-order valence-corrected chi connectivity index (χ3v) is 2.98. The van der Waals surface area contributed by atoms with Crippen molar-refractivity contribution < 1.29 is 4.74 Å². The van der Waals surface area contributed by atoms with Crippen molar-refractivity contribution in [1.29, 1.82) is 0 Å². The van der Waals surface area contributed by atoms with Gasteiger partial charge in [0.15, 0.2) is 0 Å². The topological polar surface area (TPSA) is 33.3 Å². The third-order valence-electron chi connectivity index (χ3n) is 2.98.